The molecule has 6 nitrogen and oxygen atoms in total. The Morgan fingerprint density at radius 2 is 2.17 bits per heavy atom. The predicted octanol–water partition coefficient (Wildman–Crippen LogP) is 1.51. The SMILES string of the molecule is COC(=O)c1cncc(Sc2nccc(C)n2)n1. The second-order valence-electron chi connectivity index (χ2n) is 3.32. The minimum Gasteiger partial charge on any atom is -0.464 e. The third-order valence-electron chi connectivity index (χ3n) is 1.98. The van der Waals surface area contributed by atoms with E-state index < -0.39 is 5.97 Å². The van der Waals surface area contributed by atoms with E-state index in [4.69, 9.17) is 0 Å². The van der Waals surface area contributed by atoms with Crippen LogP contribution in [0.25, 0.3) is 0 Å². The van der Waals surface area contributed by atoms with Gasteiger partial charge in [0.2, 0.25) is 0 Å². The van der Waals surface area contributed by atoms with Crippen molar-refractivity contribution >= 4 is 17.7 Å². The molecule has 0 N–H and O–H groups in total. The van der Waals surface area contributed by atoms with E-state index in [2.05, 4.69) is 24.7 Å². The number of methoxy groups -OCH3 is 1. The molecule has 0 aromatic carbocycles. The molecule has 0 aliphatic heterocycles. The van der Waals surface area contributed by atoms with Gasteiger partial charge in [0.05, 0.1) is 19.5 Å². The monoisotopic (exact) mass is 262 g/mol. The average molecular weight is 262 g/mol. The first-order chi connectivity index (χ1) is 8.69. The highest BCUT2D eigenvalue weighted by Crippen LogP contribution is 2.21. The fraction of sp³-hybridized carbons (Fsp3) is 0.182. The van der Waals surface area contributed by atoms with E-state index in [0.717, 1.165) is 5.69 Å². The van der Waals surface area contributed by atoms with Gasteiger partial charge in [-0.25, -0.2) is 19.7 Å². The second kappa shape index (κ2) is 5.54. The summed E-state index contributed by atoms with van der Waals surface area (Å²) in [5.74, 6) is -0.518. The van der Waals surface area contributed by atoms with E-state index in [1.54, 1.807) is 18.5 Å². The summed E-state index contributed by atoms with van der Waals surface area (Å²) >= 11 is 1.24. The Bertz CT molecular complexity index is 576. The molecule has 18 heavy (non-hydrogen) atoms. The maximum atomic E-state index is 11.3. The first-order valence-electron chi connectivity index (χ1n) is 5.07. The van der Waals surface area contributed by atoms with E-state index >= 15 is 0 Å². The van der Waals surface area contributed by atoms with E-state index in [-0.39, 0.29) is 5.69 Å². The van der Waals surface area contributed by atoms with Gasteiger partial charge < -0.3 is 4.74 Å². The molecule has 0 saturated carbocycles. The third kappa shape index (κ3) is 3.01. The van der Waals surface area contributed by atoms with Crippen LogP contribution >= 0.6 is 11.8 Å². The van der Waals surface area contributed by atoms with Gasteiger partial charge in [-0.05, 0) is 24.8 Å². The minimum absolute atomic E-state index is 0.162. The molecule has 2 heterocycles. The van der Waals surface area contributed by atoms with Crippen LogP contribution in [0.15, 0.2) is 34.8 Å². The quantitative estimate of drug-likeness (QED) is 0.612. The van der Waals surface area contributed by atoms with Gasteiger partial charge in [0.1, 0.15) is 5.03 Å². The molecule has 0 spiro atoms. The zero-order valence-electron chi connectivity index (χ0n) is 9.82. The fourth-order valence-electron chi connectivity index (χ4n) is 1.17. The Balaban J connectivity index is 2.22. The van der Waals surface area contributed by atoms with Crippen LogP contribution in [0.1, 0.15) is 16.2 Å². The van der Waals surface area contributed by atoms with Crippen LogP contribution in [0.2, 0.25) is 0 Å². The molecule has 0 aliphatic carbocycles. The highest BCUT2D eigenvalue weighted by atomic mass is 32.2. The standard InChI is InChI=1S/C11H10N4O2S/c1-7-3-4-13-11(14-7)18-9-6-12-5-8(15-9)10(16)17-2/h3-6H,1-2H3. The molecule has 92 valence electrons. The van der Waals surface area contributed by atoms with Gasteiger partial charge in [0.25, 0.3) is 0 Å². The highest BCUT2D eigenvalue weighted by Gasteiger charge is 2.10. The minimum atomic E-state index is -0.518. The highest BCUT2D eigenvalue weighted by molar-refractivity contribution is 7.99. The van der Waals surface area contributed by atoms with Crippen molar-refractivity contribution in [3.63, 3.8) is 0 Å². The van der Waals surface area contributed by atoms with Crippen molar-refractivity contribution in [2.45, 2.75) is 17.1 Å². The summed E-state index contributed by atoms with van der Waals surface area (Å²) < 4.78 is 4.58. The number of nitrogens with zero attached hydrogens (tertiary/aromatic N) is 4. The molecule has 0 radical (unpaired) electrons. The third-order valence-corrected chi connectivity index (χ3v) is 2.76. The van der Waals surface area contributed by atoms with Gasteiger partial charge in [-0.1, -0.05) is 0 Å². The number of aryl methyl sites for hydroxylation is 1. The summed E-state index contributed by atoms with van der Waals surface area (Å²) in [6.07, 6.45) is 4.57. The van der Waals surface area contributed by atoms with Crippen molar-refractivity contribution in [2.75, 3.05) is 7.11 Å². The van der Waals surface area contributed by atoms with E-state index in [9.17, 15) is 4.79 Å². The van der Waals surface area contributed by atoms with Gasteiger partial charge in [0, 0.05) is 11.9 Å². The number of carbonyl (C=O) groups is 1. The number of rotatable bonds is 3. The van der Waals surface area contributed by atoms with Crippen LogP contribution in [0, 0.1) is 6.92 Å². The average Bonchev–Trinajstić information content (AvgIpc) is 2.38. The molecule has 0 fully saturated rings. The molecule has 0 unspecified atom stereocenters. The maximum absolute atomic E-state index is 11.3. The first-order valence-corrected chi connectivity index (χ1v) is 5.88. The van der Waals surface area contributed by atoms with Crippen LogP contribution in [0.4, 0.5) is 0 Å². The van der Waals surface area contributed by atoms with Crippen LogP contribution < -0.4 is 0 Å². The van der Waals surface area contributed by atoms with Gasteiger partial charge >= 0.3 is 5.97 Å². The molecule has 2 aromatic heterocycles. The van der Waals surface area contributed by atoms with Crippen molar-refractivity contribution in [2.24, 2.45) is 0 Å². The predicted molar refractivity (Wildman–Crippen MR) is 64.3 cm³/mol. The lowest BCUT2D eigenvalue weighted by Gasteiger charge is -2.01. The lowest BCUT2D eigenvalue weighted by atomic mass is 10.5. The zero-order chi connectivity index (χ0) is 13.0. The Hall–Kier alpha value is -2.02. The van der Waals surface area contributed by atoms with Gasteiger partial charge in [-0.3, -0.25) is 4.98 Å². The number of esters is 1. The van der Waals surface area contributed by atoms with Crippen LogP contribution in [0.3, 0.4) is 0 Å². The Labute approximate surface area is 108 Å². The number of ether oxygens (including phenoxy) is 1. The lowest BCUT2D eigenvalue weighted by Crippen LogP contribution is -2.05. The number of aromatic nitrogens is 4. The van der Waals surface area contributed by atoms with Crippen molar-refractivity contribution in [1.29, 1.82) is 0 Å². The summed E-state index contributed by atoms with van der Waals surface area (Å²) in [5.41, 5.74) is 1.03. The largest absolute Gasteiger partial charge is 0.464 e. The van der Waals surface area contributed by atoms with Crippen molar-refractivity contribution < 1.29 is 9.53 Å². The van der Waals surface area contributed by atoms with Crippen LogP contribution in [-0.4, -0.2) is 33.0 Å². The van der Waals surface area contributed by atoms with E-state index in [1.807, 2.05) is 6.92 Å². The molecule has 0 bridgehead atoms. The van der Waals surface area contributed by atoms with E-state index in [1.165, 1.54) is 25.1 Å². The zero-order valence-corrected chi connectivity index (χ0v) is 10.6. The molecule has 2 rings (SSSR count). The first kappa shape index (κ1) is 12.4. The molecule has 0 aliphatic rings. The summed E-state index contributed by atoms with van der Waals surface area (Å²) in [5, 5.41) is 1.11. The molecule has 0 amide bonds. The molecule has 2 aromatic rings. The molecular formula is C11H10N4O2S. The van der Waals surface area contributed by atoms with E-state index in [0.29, 0.717) is 10.2 Å². The normalized spacial score (nSPS) is 10.1. The number of hydrogen-bond donors (Lipinski definition) is 0. The summed E-state index contributed by atoms with van der Waals surface area (Å²) in [6.45, 7) is 1.88. The lowest BCUT2D eigenvalue weighted by molar-refractivity contribution is 0.0592. The van der Waals surface area contributed by atoms with Crippen molar-refractivity contribution in [3.8, 4) is 0 Å². The number of carbonyl (C=O) groups excluding carboxylic acids is 1. The molecule has 7 heteroatoms. The number of hydrogen-bond acceptors (Lipinski definition) is 7. The van der Waals surface area contributed by atoms with Crippen molar-refractivity contribution in [3.05, 3.63) is 36.0 Å². The fourth-order valence-corrected chi connectivity index (χ4v) is 1.92. The molecule has 0 atom stereocenters. The second-order valence-corrected chi connectivity index (χ2v) is 4.30. The van der Waals surface area contributed by atoms with Gasteiger partial charge in [-0.2, -0.15) is 0 Å². The summed E-state index contributed by atoms with van der Waals surface area (Å²) in [7, 11) is 1.30. The Kier molecular flexibility index (Phi) is 3.83. The Morgan fingerprint density at radius 1 is 1.33 bits per heavy atom. The van der Waals surface area contributed by atoms with Crippen LogP contribution in [0.5, 0.6) is 0 Å². The molecule has 0 saturated heterocycles. The van der Waals surface area contributed by atoms with Crippen LogP contribution in [-0.2, 0) is 4.74 Å². The smallest absolute Gasteiger partial charge is 0.358 e. The van der Waals surface area contributed by atoms with Gasteiger partial charge in [-0.15, -0.1) is 0 Å². The topological polar surface area (TPSA) is 77.9 Å². The van der Waals surface area contributed by atoms with Crippen molar-refractivity contribution in [1.82, 2.24) is 19.9 Å². The summed E-state index contributed by atoms with van der Waals surface area (Å²) in [4.78, 5) is 27.7. The molecular weight excluding hydrogens is 252 g/mol. The summed E-state index contributed by atoms with van der Waals surface area (Å²) in [6, 6.07) is 1.81. The Morgan fingerprint density at radius 3 is 2.89 bits per heavy atom. The maximum Gasteiger partial charge on any atom is 0.358 e. The van der Waals surface area contributed by atoms with Gasteiger partial charge in [0.15, 0.2) is 10.9 Å².